The number of aryl methyl sites for hydroxylation is 1. The molecule has 36 heavy (non-hydrogen) atoms. The Hall–Kier alpha value is -4.09. The Labute approximate surface area is 215 Å². The van der Waals surface area contributed by atoms with Gasteiger partial charge < -0.3 is 15.2 Å². The molecule has 1 amide bonds. The van der Waals surface area contributed by atoms with Gasteiger partial charge in [-0.15, -0.1) is 0 Å². The zero-order valence-corrected chi connectivity index (χ0v) is 20.6. The number of carboxylic acids is 1. The van der Waals surface area contributed by atoms with Gasteiger partial charge in [0.1, 0.15) is 12.4 Å². The zero-order chi connectivity index (χ0) is 25.5. The van der Waals surface area contributed by atoms with Crippen molar-refractivity contribution >= 4 is 23.5 Å². The predicted octanol–water partition coefficient (Wildman–Crippen LogP) is 6.57. The van der Waals surface area contributed by atoms with Crippen LogP contribution in [-0.2, 0) is 13.0 Å². The number of halogens is 1. The monoisotopic (exact) mass is 499 g/mol. The minimum Gasteiger partial charge on any atom is -0.488 e. The number of carbonyl (C=O) groups is 2. The summed E-state index contributed by atoms with van der Waals surface area (Å²) < 4.78 is 5.93. The fourth-order valence-corrected chi connectivity index (χ4v) is 3.91. The molecule has 0 unspecified atom stereocenters. The molecule has 0 atom stereocenters. The number of carbonyl (C=O) groups excluding carboxylic acids is 1. The molecule has 6 heteroatoms. The number of hydrogen-bond donors (Lipinski definition) is 2. The van der Waals surface area contributed by atoms with Crippen LogP contribution >= 0.6 is 11.6 Å². The van der Waals surface area contributed by atoms with Crippen molar-refractivity contribution in [3.8, 4) is 16.9 Å². The molecular formula is C30H26ClNO4. The molecule has 4 rings (SSSR count). The lowest BCUT2D eigenvalue weighted by Crippen LogP contribution is -2.26. The van der Waals surface area contributed by atoms with Gasteiger partial charge in [0, 0.05) is 11.6 Å². The summed E-state index contributed by atoms with van der Waals surface area (Å²) in [6, 6.07) is 27.8. The molecule has 4 aromatic rings. The molecule has 0 bridgehead atoms. The van der Waals surface area contributed by atoms with E-state index >= 15 is 0 Å². The second kappa shape index (κ2) is 11.6. The Balaban J connectivity index is 1.34. The van der Waals surface area contributed by atoms with Gasteiger partial charge in [0.2, 0.25) is 0 Å². The molecule has 0 aliphatic rings. The van der Waals surface area contributed by atoms with Crippen LogP contribution in [0.2, 0.25) is 5.02 Å². The standard InChI is InChI=1S/C30H26ClNO4/c1-20-2-4-22(5-3-20)19-36-28-15-14-26(31)18-27(28)29(33)32-17-16-21-6-8-23(9-7-21)24-10-12-25(13-11-24)30(34)35/h2-15,18H,16-17,19H2,1H3,(H,32,33)(H,34,35). The van der Waals surface area contributed by atoms with Crippen LogP contribution < -0.4 is 10.1 Å². The van der Waals surface area contributed by atoms with Crippen molar-refractivity contribution < 1.29 is 19.4 Å². The second-order valence-corrected chi connectivity index (χ2v) is 8.94. The Morgan fingerprint density at radius 2 is 1.44 bits per heavy atom. The Morgan fingerprint density at radius 1 is 0.833 bits per heavy atom. The zero-order valence-electron chi connectivity index (χ0n) is 19.8. The van der Waals surface area contributed by atoms with Crippen molar-refractivity contribution in [1.82, 2.24) is 5.32 Å². The largest absolute Gasteiger partial charge is 0.488 e. The number of nitrogens with one attached hydrogen (secondary N) is 1. The quantitative estimate of drug-likeness (QED) is 0.273. The fourth-order valence-electron chi connectivity index (χ4n) is 3.74. The maximum atomic E-state index is 12.9. The van der Waals surface area contributed by atoms with Crippen LogP contribution in [0.3, 0.4) is 0 Å². The molecule has 0 fully saturated rings. The topological polar surface area (TPSA) is 75.6 Å². The molecule has 0 aliphatic carbocycles. The molecule has 2 N–H and O–H groups in total. The van der Waals surface area contributed by atoms with E-state index in [0.29, 0.717) is 35.9 Å². The number of amides is 1. The highest BCUT2D eigenvalue weighted by molar-refractivity contribution is 6.31. The first-order chi connectivity index (χ1) is 17.4. The molecule has 5 nitrogen and oxygen atoms in total. The van der Waals surface area contributed by atoms with Gasteiger partial charge in [0.25, 0.3) is 5.91 Å². The number of hydrogen-bond acceptors (Lipinski definition) is 3. The first-order valence-electron chi connectivity index (χ1n) is 11.6. The maximum Gasteiger partial charge on any atom is 0.335 e. The van der Waals surface area contributed by atoms with Crippen molar-refractivity contribution in [3.05, 3.63) is 124 Å². The lowest BCUT2D eigenvalue weighted by Gasteiger charge is -2.13. The van der Waals surface area contributed by atoms with Crippen LogP contribution in [0, 0.1) is 6.92 Å². The molecule has 182 valence electrons. The normalized spacial score (nSPS) is 10.6. The summed E-state index contributed by atoms with van der Waals surface area (Å²) in [4.78, 5) is 23.9. The molecule has 0 radical (unpaired) electrons. The van der Waals surface area contributed by atoms with E-state index in [4.69, 9.17) is 21.4 Å². The van der Waals surface area contributed by atoms with Crippen LogP contribution in [0.15, 0.2) is 91.0 Å². The van der Waals surface area contributed by atoms with E-state index in [9.17, 15) is 9.59 Å². The minimum absolute atomic E-state index is 0.244. The smallest absolute Gasteiger partial charge is 0.335 e. The van der Waals surface area contributed by atoms with E-state index in [1.165, 1.54) is 5.56 Å². The van der Waals surface area contributed by atoms with E-state index < -0.39 is 5.97 Å². The highest BCUT2D eigenvalue weighted by atomic mass is 35.5. The third kappa shape index (κ3) is 6.52. The highest BCUT2D eigenvalue weighted by Gasteiger charge is 2.14. The van der Waals surface area contributed by atoms with Crippen molar-refractivity contribution in [1.29, 1.82) is 0 Å². The van der Waals surface area contributed by atoms with Crippen LogP contribution in [0.4, 0.5) is 0 Å². The summed E-state index contributed by atoms with van der Waals surface area (Å²) in [7, 11) is 0. The number of carboxylic acid groups (broad SMARTS) is 1. The summed E-state index contributed by atoms with van der Waals surface area (Å²) in [5.74, 6) is -0.705. The summed E-state index contributed by atoms with van der Waals surface area (Å²) in [5, 5.41) is 12.5. The number of aromatic carboxylic acids is 1. The lowest BCUT2D eigenvalue weighted by molar-refractivity contribution is 0.0696. The maximum absolute atomic E-state index is 12.9. The summed E-state index contributed by atoms with van der Waals surface area (Å²) in [5.41, 5.74) is 5.86. The first kappa shape index (κ1) is 25.0. The van der Waals surface area contributed by atoms with Crippen molar-refractivity contribution in [2.24, 2.45) is 0 Å². The predicted molar refractivity (Wildman–Crippen MR) is 142 cm³/mol. The third-order valence-electron chi connectivity index (χ3n) is 5.82. The Bertz CT molecular complexity index is 1350. The number of benzene rings is 4. The van der Waals surface area contributed by atoms with E-state index in [-0.39, 0.29) is 11.5 Å². The summed E-state index contributed by atoms with van der Waals surface area (Å²) >= 11 is 6.15. The van der Waals surface area contributed by atoms with E-state index in [1.54, 1.807) is 42.5 Å². The van der Waals surface area contributed by atoms with Crippen LogP contribution in [-0.4, -0.2) is 23.5 Å². The number of ether oxygens (including phenoxy) is 1. The minimum atomic E-state index is -0.943. The molecule has 0 saturated heterocycles. The average Bonchev–Trinajstić information content (AvgIpc) is 2.89. The van der Waals surface area contributed by atoms with Gasteiger partial charge >= 0.3 is 5.97 Å². The van der Waals surface area contributed by atoms with Crippen molar-refractivity contribution in [2.45, 2.75) is 20.0 Å². The molecule has 0 aliphatic heterocycles. The third-order valence-corrected chi connectivity index (χ3v) is 6.05. The van der Waals surface area contributed by atoms with Gasteiger partial charge in [-0.05, 0) is 65.9 Å². The Kier molecular flexibility index (Phi) is 8.03. The van der Waals surface area contributed by atoms with Crippen molar-refractivity contribution in [2.75, 3.05) is 6.54 Å². The first-order valence-corrected chi connectivity index (χ1v) is 12.0. The lowest BCUT2D eigenvalue weighted by atomic mass is 10.0. The SMILES string of the molecule is Cc1ccc(COc2ccc(Cl)cc2C(=O)NCCc2ccc(-c3ccc(C(=O)O)cc3)cc2)cc1. The van der Waals surface area contributed by atoms with Crippen molar-refractivity contribution in [3.63, 3.8) is 0 Å². The molecule has 0 spiro atoms. The molecule has 4 aromatic carbocycles. The number of rotatable bonds is 9. The Morgan fingerprint density at radius 3 is 2.08 bits per heavy atom. The molecular weight excluding hydrogens is 474 g/mol. The molecule has 0 aromatic heterocycles. The van der Waals surface area contributed by atoms with Gasteiger partial charge in [-0.1, -0.05) is 77.8 Å². The summed E-state index contributed by atoms with van der Waals surface area (Å²) in [6.45, 7) is 2.84. The van der Waals surface area contributed by atoms with Gasteiger partial charge in [-0.3, -0.25) is 4.79 Å². The van der Waals surface area contributed by atoms with Crippen LogP contribution in [0.1, 0.15) is 37.4 Å². The summed E-state index contributed by atoms with van der Waals surface area (Å²) in [6.07, 6.45) is 0.657. The van der Waals surface area contributed by atoms with Gasteiger partial charge in [0.15, 0.2) is 0 Å². The molecule has 0 heterocycles. The van der Waals surface area contributed by atoms with E-state index in [1.807, 2.05) is 55.5 Å². The van der Waals surface area contributed by atoms with Gasteiger partial charge in [0.05, 0.1) is 11.1 Å². The molecule has 0 saturated carbocycles. The second-order valence-electron chi connectivity index (χ2n) is 8.50. The van der Waals surface area contributed by atoms with E-state index in [0.717, 1.165) is 22.3 Å². The average molecular weight is 500 g/mol. The van der Waals surface area contributed by atoms with Gasteiger partial charge in [-0.2, -0.15) is 0 Å². The van der Waals surface area contributed by atoms with E-state index in [2.05, 4.69) is 5.32 Å². The highest BCUT2D eigenvalue weighted by Crippen LogP contribution is 2.24. The van der Waals surface area contributed by atoms with Gasteiger partial charge in [-0.25, -0.2) is 4.79 Å². The fraction of sp³-hybridized carbons (Fsp3) is 0.133. The van der Waals surface area contributed by atoms with Crippen LogP contribution in [0.25, 0.3) is 11.1 Å². The van der Waals surface area contributed by atoms with Crippen LogP contribution in [0.5, 0.6) is 5.75 Å².